The van der Waals surface area contributed by atoms with Crippen LogP contribution in [0.2, 0.25) is 0 Å². The summed E-state index contributed by atoms with van der Waals surface area (Å²) in [6.07, 6.45) is 0. The molecule has 0 saturated heterocycles. The van der Waals surface area contributed by atoms with Gasteiger partial charge in [0, 0.05) is 18.5 Å². The number of ether oxygens (including phenoxy) is 1. The summed E-state index contributed by atoms with van der Waals surface area (Å²) in [7, 11) is 1.62. The highest BCUT2D eigenvalue weighted by Gasteiger charge is 2.17. The first-order valence-electron chi connectivity index (χ1n) is 5.21. The average Bonchev–Trinajstić information content (AvgIpc) is 2.75. The van der Waals surface area contributed by atoms with Gasteiger partial charge < -0.3 is 15.4 Å². The van der Waals surface area contributed by atoms with Gasteiger partial charge in [-0.05, 0) is 18.4 Å². The van der Waals surface area contributed by atoms with Gasteiger partial charge in [-0.3, -0.25) is 4.79 Å². The monoisotopic (exact) mass is 242 g/mol. The Labute approximate surface area is 100 Å². The zero-order valence-electron chi connectivity index (χ0n) is 9.68. The number of hydrogen-bond acceptors (Lipinski definition) is 4. The van der Waals surface area contributed by atoms with Crippen molar-refractivity contribution < 1.29 is 9.53 Å². The lowest BCUT2D eigenvalue weighted by atomic mass is 10.3. The van der Waals surface area contributed by atoms with Gasteiger partial charge in [-0.15, -0.1) is 11.3 Å². The summed E-state index contributed by atoms with van der Waals surface area (Å²) in [5.74, 6) is -0.0366. The molecule has 1 rings (SSSR count). The van der Waals surface area contributed by atoms with Gasteiger partial charge in [0.25, 0.3) is 0 Å². The third-order valence-electron chi connectivity index (χ3n) is 2.19. The molecule has 16 heavy (non-hydrogen) atoms. The lowest BCUT2D eigenvalue weighted by molar-refractivity contribution is -0.133. The topological polar surface area (TPSA) is 55.6 Å². The van der Waals surface area contributed by atoms with Crippen molar-refractivity contribution in [1.29, 1.82) is 0 Å². The van der Waals surface area contributed by atoms with Crippen molar-refractivity contribution in [3.05, 3.63) is 22.4 Å². The van der Waals surface area contributed by atoms with E-state index in [2.05, 4.69) is 0 Å². The number of amides is 1. The van der Waals surface area contributed by atoms with Gasteiger partial charge >= 0.3 is 0 Å². The van der Waals surface area contributed by atoms with Crippen LogP contribution in [0.15, 0.2) is 17.5 Å². The molecule has 0 fully saturated rings. The average molecular weight is 242 g/mol. The number of thiophene rings is 1. The molecule has 0 aromatic carbocycles. The van der Waals surface area contributed by atoms with E-state index in [1.807, 2.05) is 17.5 Å². The molecule has 2 N–H and O–H groups in total. The van der Waals surface area contributed by atoms with Crippen molar-refractivity contribution >= 4 is 17.2 Å². The van der Waals surface area contributed by atoms with Crippen LogP contribution in [0.25, 0.3) is 0 Å². The minimum absolute atomic E-state index is 0.0366. The summed E-state index contributed by atoms with van der Waals surface area (Å²) in [6.45, 7) is 3.43. The quantitative estimate of drug-likeness (QED) is 0.812. The predicted molar refractivity (Wildman–Crippen MR) is 65.3 cm³/mol. The van der Waals surface area contributed by atoms with E-state index in [9.17, 15) is 4.79 Å². The highest BCUT2D eigenvalue weighted by atomic mass is 32.1. The Hall–Kier alpha value is -0.910. The van der Waals surface area contributed by atoms with Gasteiger partial charge in [0.1, 0.15) is 0 Å². The molecule has 0 bridgehead atoms. The number of carbonyl (C=O) groups is 1. The van der Waals surface area contributed by atoms with E-state index in [1.165, 1.54) is 0 Å². The van der Waals surface area contributed by atoms with Crippen LogP contribution >= 0.6 is 11.3 Å². The van der Waals surface area contributed by atoms with Crippen molar-refractivity contribution in [3.63, 3.8) is 0 Å². The van der Waals surface area contributed by atoms with Gasteiger partial charge in [-0.2, -0.15) is 0 Å². The number of carbonyl (C=O) groups excluding carboxylic acids is 1. The second-order valence-electron chi connectivity index (χ2n) is 3.62. The maximum absolute atomic E-state index is 11.8. The Morgan fingerprint density at radius 1 is 1.69 bits per heavy atom. The molecule has 0 aliphatic carbocycles. The third-order valence-corrected chi connectivity index (χ3v) is 3.05. The standard InChI is InChI=1S/C11H18N2O2S/c1-9(12)11(14)13(5-6-15-2)8-10-4-3-7-16-10/h3-4,7,9H,5-6,8,12H2,1-2H3/t9-/m0/s1. The Morgan fingerprint density at radius 2 is 2.44 bits per heavy atom. The highest BCUT2D eigenvalue weighted by Crippen LogP contribution is 2.12. The summed E-state index contributed by atoms with van der Waals surface area (Å²) in [4.78, 5) is 14.7. The fraction of sp³-hybridized carbons (Fsp3) is 0.545. The molecule has 0 spiro atoms. The SMILES string of the molecule is COCCN(Cc1cccs1)C(=O)[C@H](C)N. The van der Waals surface area contributed by atoms with Crippen LogP contribution in [0.4, 0.5) is 0 Å². The molecule has 1 amide bonds. The Kier molecular flexibility index (Phi) is 5.45. The molecule has 0 aliphatic heterocycles. The number of rotatable bonds is 6. The molecular weight excluding hydrogens is 224 g/mol. The van der Waals surface area contributed by atoms with Crippen molar-refractivity contribution in [2.24, 2.45) is 5.73 Å². The molecule has 5 heteroatoms. The Morgan fingerprint density at radius 3 is 2.94 bits per heavy atom. The van der Waals surface area contributed by atoms with Crippen LogP contribution in [0.3, 0.4) is 0 Å². The van der Waals surface area contributed by atoms with Gasteiger partial charge in [-0.1, -0.05) is 6.07 Å². The molecule has 90 valence electrons. The molecule has 4 nitrogen and oxygen atoms in total. The zero-order chi connectivity index (χ0) is 12.0. The second kappa shape index (κ2) is 6.62. The first-order valence-corrected chi connectivity index (χ1v) is 6.08. The van der Waals surface area contributed by atoms with Crippen molar-refractivity contribution in [1.82, 2.24) is 4.90 Å². The first-order chi connectivity index (χ1) is 7.65. The van der Waals surface area contributed by atoms with Crippen LogP contribution in [-0.2, 0) is 16.1 Å². The molecule has 1 heterocycles. The molecule has 1 atom stereocenters. The van der Waals surface area contributed by atoms with Gasteiger partial charge in [0.2, 0.25) is 5.91 Å². The van der Waals surface area contributed by atoms with Crippen molar-refractivity contribution in [3.8, 4) is 0 Å². The normalized spacial score (nSPS) is 12.4. The number of nitrogens with two attached hydrogens (primary N) is 1. The Bertz CT molecular complexity index is 312. The van der Waals surface area contributed by atoms with Crippen LogP contribution in [-0.4, -0.2) is 37.1 Å². The largest absolute Gasteiger partial charge is 0.383 e. The first kappa shape index (κ1) is 13.2. The highest BCUT2D eigenvalue weighted by molar-refractivity contribution is 7.09. The van der Waals surface area contributed by atoms with E-state index in [4.69, 9.17) is 10.5 Å². The second-order valence-corrected chi connectivity index (χ2v) is 4.65. The summed E-state index contributed by atoms with van der Waals surface area (Å²) >= 11 is 1.64. The van der Waals surface area contributed by atoms with Crippen LogP contribution in [0.1, 0.15) is 11.8 Å². The molecule has 0 aliphatic rings. The zero-order valence-corrected chi connectivity index (χ0v) is 10.5. The van der Waals surface area contributed by atoms with Crippen LogP contribution < -0.4 is 5.73 Å². The number of methoxy groups -OCH3 is 1. The minimum atomic E-state index is -0.461. The lowest BCUT2D eigenvalue weighted by Crippen LogP contribution is -2.42. The fourth-order valence-electron chi connectivity index (χ4n) is 1.35. The number of hydrogen-bond donors (Lipinski definition) is 1. The molecule has 0 saturated carbocycles. The molecular formula is C11H18N2O2S. The van der Waals surface area contributed by atoms with Crippen molar-refractivity contribution in [2.45, 2.75) is 19.5 Å². The summed E-state index contributed by atoms with van der Waals surface area (Å²) in [5.41, 5.74) is 5.61. The van der Waals surface area contributed by atoms with E-state index in [1.54, 1.807) is 30.3 Å². The molecule has 1 aromatic heterocycles. The summed E-state index contributed by atoms with van der Waals surface area (Å²) in [5, 5.41) is 2.00. The molecule has 0 unspecified atom stereocenters. The van der Waals surface area contributed by atoms with E-state index >= 15 is 0 Å². The van der Waals surface area contributed by atoms with Crippen LogP contribution in [0, 0.1) is 0 Å². The Balaban J connectivity index is 2.60. The fourth-order valence-corrected chi connectivity index (χ4v) is 2.07. The van der Waals surface area contributed by atoms with E-state index in [0.29, 0.717) is 19.7 Å². The predicted octanol–water partition coefficient (Wildman–Crippen LogP) is 1.07. The third kappa shape index (κ3) is 3.92. The summed E-state index contributed by atoms with van der Waals surface area (Å²) < 4.78 is 4.99. The van der Waals surface area contributed by atoms with Gasteiger partial charge in [-0.25, -0.2) is 0 Å². The van der Waals surface area contributed by atoms with Gasteiger partial charge in [0.05, 0.1) is 19.2 Å². The molecule has 1 aromatic rings. The van der Waals surface area contributed by atoms with E-state index in [0.717, 1.165) is 4.88 Å². The smallest absolute Gasteiger partial charge is 0.239 e. The molecule has 0 radical (unpaired) electrons. The lowest BCUT2D eigenvalue weighted by Gasteiger charge is -2.23. The van der Waals surface area contributed by atoms with E-state index in [-0.39, 0.29) is 5.91 Å². The van der Waals surface area contributed by atoms with E-state index < -0.39 is 6.04 Å². The van der Waals surface area contributed by atoms with Gasteiger partial charge in [0.15, 0.2) is 0 Å². The maximum atomic E-state index is 11.8. The summed E-state index contributed by atoms with van der Waals surface area (Å²) in [6, 6.07) is 3.53. The van der Waals surface area contributed by atoms with Crippen LogP contribution in [0.5, 0.6) is 0 Å². The number of nitrogens with zero attached hydrogens (tertiary/aromatic N) is 1. The van der Waals surface area contributed by atoms with Crippen molar-refractivity contribution in [2.75, 3.05) is 20.3 Å². The minimum Gasteiger partial charge on any atom is -0.383 e. The maximum Gasteiger partial charge on any atom is 0.239 e.